The Morgan fingerprint density at radius 3 is 2.08 bits per heavy atom. The number of carbonyl (C=O) groups excluding carboxylic acids is 1. The minimum Gasteiger partial charge on any atom is -0.352 e. The number of nitrogens with one attached hydrogen (secondary N) is 1. The summed E-state index contributed by atoms with van der Waals surface area (Å²) in [6, 6.07) is 24.1. The number of pyridine rings is 1. The van der Waals surface area contributed by atoms with Crippen LogP contribution in [0.15, 0.2) is 79.0 Å². The van der Waals surface area contributed by atoms with Crippen molar-refractivity contribution in [1.29, 1.82) is 0 Å². The van der Waals surface area contributed by atoms with Gasteiger partial charge in [-0.15, -0.1) is 0 Å². The Morgan fingerprint density at radius 2 is 1.52 bits per heavy atom. The molecular weight excluding hydrogens is 332 g/mol. The average Bonchev–Trinajstić information content (AvgIpc) is 2.67. The van der Waals surface area contributed by atoms with Crippen molar-refractivity contribution in [2.24, 2.45) is 0 Å². The molecule has 0 fully saturated rings. The highest BCUT2D eigenvalue weighted by Crippen LogP contribution is 2.27. The maximum atomic E-state index is 12.3. The van der Waals surface area contributed by atoms with Gasteiger partial charge in [0, 0.05) is 18.7 Å². The van der Waals surface area contributed by atoms with Gasteiger partial charge in [0.25, 0.3) is 5.91 Å². The second-order valence-electron chi connectivity index (χ2n) is 5.76. The quantitative estimate of drug-likeness (QED) is 0.655. The van der Waals surface area contributed by atoms with Crippen molar-refractivity contribution >= 4 is 17.5 Å². The van der Waals surface area contributed by atoms with Crippen molar-refractivity contribution in [2.75, 3.05) is 6.54 Å². The molecule has 2 aromatic carbocycles. The fraction of sp³-hybridized carbons (Fsp3) is 0.143. The van der Waals surface area contributed by atoms with E-state index in [1.807, 2.05) is 36.4 Å². The zero-order chi connectivity index (χ0) is 17.5. The van der Waals surface area contributed by atoms with E-state index in [0.717, 1.165) is 6.42 Å². The van der Waals surface area contributed by atoms with Crippen LogP contribution in [0.25, 0.3) is 0 Å². The Labute approximate surface area is 152 Å². The number of rotatable bonds is 6. The summed E-state index contributed by atoms with van der Waals surface area (Å²) in [5.74, 6) is 0.0324. The molecule has 1 amide bonds. The molecule has 0 saturated heterocycles. The van der Waals surface area contributed by atoms with E-state index in [1.165, 1.54) is 11.1 Å². The molecule has 0 spiro atoms. The molecule has 0 aliphatic heterocycles. The summed E-state index contributed by atoms with van der Waals surface area (Å²) < 4.78 is 0. The van der Waals surface area contributed by atoms with E-state index in [1.54, 1.807) is 18.3 Å². The lowest BCUT2D eigenvalue weighted by Gasteiger charge is -2.18. The van der Waals surface area contributed by atoms with Crippen LogP contribution in [0.1, 0.15) is 33.8 Å². The van der Waals surface area contributed by atoms with Gasteiger partial charge < -0.3 is 5.32 Å². The van der Waals surface area contributed by atoms with Crippen LogP contribution in [0, 0.1) is 0 Å². The highest BCUT2D eigenvalue weighted by molar-refractivity contribution is 6.32. The van der Waals surface area contributed by atoms with Crippen molar-refractivity contribution in [3.63, 3.8) is 0 Å². The second-order valence-corrected chi connectivity index (χ2v) is 6.12. The Hall–Kier alpha value is -2.65. The normalized spacial score (nSPS) is 10.6. The van der Waals surface area contributed by atoms with Gasteiger partial charge in [0.2, 0.25) is 0 Å². The lowest BCUT2D eigenvalue weighted by molar-refractivity contribution is 0.0952. The number of hydrogen-bond acceptors (Lipinski definition) is 2. The van der Waals surface area contributed by atoms with Crippen LogP contribution in [0.4, 0.5) is 0 Å². The summed E-state index contributed by atoms with van der Waals surface area (Å²) in [5, 5.41) is 3.17. The first kappa shape index (κ1) is 17.2. The molecule has 1 N–H and O–H groups in total. The Bertz CT molecular complexity index is 782. The summed E-state index contributed by atoms with van der Waals surface area (Å²) in [6.45, 7) is 0.554. The SMILES string of the molecule is O=C(NCCC(c1ccccc1)c1ccccc1)c1cccnc1Cl. The topological polar surface area (TPSA) is 42.0 Å². The number of aromatic nitrogens is 1. The van der Waals surface area contributed by atoms with Gasteiger partial charge >= 0.3 is 0 Å². The first-order valence-electron chi connectivity index (χ1n) is 8.24. The maximum Gasteiger partial charge on any atom is 0.254 e. The standard InChI is InChI=1S/C21H19ClN2O/c22-20-19(12-7-14-23-20)21(25)24-15-13-18(16-8-3-1-4-9-16)17-10-5-2-6-11-17/h1-12,14,18H,13,15H2,(H,24,25). The minimum absolute atomic E-state index is 0.196. The average molecular weight is 351 g/mol. The number of benzene rings is 2. The molecule has 0 radical (unpaired) electrons. The monoisotopic (exact) mass is 350 g/mol. The van der Waals surface area contributed by atoms with Crippen LogP contribution in [0.5, 0.6) is 0 Å². The number of halogens is 1. The Balaban J connectivity index is 1.70. The van der Waals surface area contributed by atoms with E-state index in [-0.39, 0.29) is 17.0 Å². The predicted octanol–water partition coefficient (Wildman–Crippen LogP) is 4.69. The summed E-state index contributed by atoms with van der Waals surface area (Å²) in [7, 11) is 0. The van der Waals surface area contributed by atoms with Gasteiger partial charge in [-0.3, -0.25) is 4.79 Å². The molecule has 0 aliphatic carbocycles. The Kier molecular flexibility index (Phi) is 5.81. The molecule has 0 bridgehead atoms. The minimum atomic E-state index is -0.196. The Morgan fingerprint density at radius 1 is 0.920 bits per heavy atom. The largest absolute Gasteiger partial charge is 0.352 e. The van der Waals surface area contributed by atoms with Crippen LogP contribution in [-0.4, -0.2) is 17.4 Å². The smallest absolute Gasteiger partial charge is 0.254 e. The van der Waals surface area contributed by atoms with Gasteiger partial charge in [0.1, 0.15) is 5.15 Å². The van der Waals surface area contributed by atoms with Gasteiger partial charge in [-0.05, 0) is 29.7 Å². The van der Waals surface area contributed by atoms with Gasteiger partial charge in [-0.2, -0.15) is 0 Å². The van der Waals surface area contributed by atoms with Gasteiger partial charge in [0.15, 0.2) is 0 Å². The molecular formula is C21H19ClN2O. The fourth-order valence-electron chi connectivity index (χ4n) is 2.88. The van der Waals surface area contributed by atoms with E-state index >= 15 is 0 Å². The van der Waals surface area contributed by atoms with Crippen LogP contribution in [0.3, 0.4) is 0 Å². The third-order valence-electron chi connectivity index (χ3n) is 4.13. The molecule has 126 valence electrons. The second kappa shape index (κ2) is 8.45. The van der Waals surface area contributed by atoms with E-state index in [4.69, 9.17) is 11.6 Å². The van der Waals surface area contributed by atoms with Gasteiger partial charge in [0.05, 0.1) is 5.56 Å². The van der Waals surface area contributed by atoms with E-state index < -0.39 is 0 Å². The summed E-state index contributed by atoms with van der Waals surface area (Å²) >= 11 is 5.98. The summed E-state index contributed by atoms with van der Waals surface area (Å²) in [6.07, 6.45) is 2.37. The zero-order valence-electron chi connectivity index (χ0n) is 13.7. The lowest BCUT2D eigenvalue weighted by atomic mass is 9.88. The molecule has 1 heterocycles. The van der Waals surface area contributed by atoms with Crippen molar-refractivity contribution < 1.29 is 4.79 Å². The molecule has 1 aromatic heterocycles. The van der Waals surface area contributed by atoms with E-state index in [2.05, 4.69) is 34.6 Å². The van der Waals surface area contributed by atoms with Gasteiger partial charge in [-0.1, -0.05) is 72.3 Å². The fourth-order valence-corrected chi connectivity index (χ4v) is 3.08. The first-order valence-corrected chi connectivity index (χ1v) is 8.62. The van der Waals surface area contributed by atoms with Gasteiger partial charge in [-0.25, -0.2) is 4.98 Å². The molecule has 0 atom stereocenters. The van der Waals surface area contributed by atoms with Crippen LogP contribution in [0.2, 0.25) is 5.15 Å². The van der Waals surface area contributed by atoms with Crippen molar-refractivity contribution in [3.8, 4) is 0 Å². The predicted molar refractivity (Wildman–Crippen MR) is 101 cm³/mol. The molecule has 0 aliphatic rings. The number of hydrogen-bond donors (Lipinski definition) is 1. The third kappa shape index (κ3) is 4.46. The molecule has 3 aromatic rings. The zero-order valence-corrected chi connectivity index (χ0v) is 14.5. The summed E-state index contributed by atoms with van der Waals surface area (Å²) in [4.78, 5) is 16.2. The third-order valence-corrected chi connectivity index (χ3v) is 4.43. The molecule has 3 rings (SSSR count). The number of amides is 1. The molecule has 25 heavy (non-hydrogen) atoms. The summed E-state index contributed by atoms with van der Waals surface area (Å²) in [5.41, 5.74) is 2.88. The number of carbonyl (C=O) groups is 1. The first-order chi connectivity index (χ1) is 12.3. The van der Waals surface area contributed by atoms with Crippen molar-refractivity contribution in [1.82, 2.24) is 10.3 Å². The highest BCUT2D eigenvalue weighted by Gasteiger charge is 2.15. The van der Waals surface area contributed by atoms with Crippen molar-refractivity contribution in [3.05, 3.63) is 101 Å². The lowest BCUT2D eigenvalue weighted by Crippen LogP contribution is -2.26. The highest BCUT2D eigenvalue weighted by atomic mass is 35.5. The van der Waals surface area contributed by atoms with E-state index in [9.17, 15) is 4.79 Å². The van der Waals surface area contributed by atoms with Crippen LogP contribution in [-0.2, 0) is 0 Å². The molecule has 0 saturated carbocycles. The van der Waals surface area contributed by atoms with Crippen LogP contribution < -0.4 is 5.32 Å². The molecule has 3 nitrogen and oxygen atoms in total. The van der Waals surface area contributed by atoms with Crippen molar-refractivity contribution in [2.45, 2.75) is 12.3 Å². The molecule has 0 unspecified atom stereocenters. The van der Waals surface area contributed by atoms with Crippen LogP contribution >= 0.6 is 11.6 Å². The molecule has 4 heteroatoms. The van der Waals surface area contributed by atoms with E-state index in [0.29, 0.717) is 12.1 Å². The maximum absolute atomic E-state index is 12.3. The number of nitrogens with zero attached hydrogens (tertiary/aromatic N) is 1.